The minimum atomic E-state index is -3.79. The third-order valence-electron chi connectivity index (χ3n) is 9.58. The molecule has 4 saturated carbocycles. The summed E-state index contributed by atoms with van der Waals surface area (Å²) in [5, 5.41) is 3.42. The van der Waals surface area contributed by atoms with Gasteiger partial charge in [-0.2, -0.15) is 0 Å². The fourth-order valence-corrected chi connectivity index (χ4v) is 8.99. The summed E-state index contributed by atoms with van der Waals surface area (Å²) in [4.78, 5) is 28.3. The van der Waals surface area contributed by atoms with Crippen molar-refractivity contribution in [3.8, 4) is 0 Å². The number of amides is 2. The highest BCUT2D eigenvalue weighted by Crippen LogP contribution is 2.60. The van der Waals surface area contributed by atoms with E-state index in [-0.39, 0.29) is 23.8 Å². The summed E-state index contributed by atoms with van der Waals surface area (Å²) in [5.74, 6) is 1.94. The minimum Gasteiger partial charge on any atom is -0.354 e. The molecule has 2 aromatic rings. The lowest BCUT2D eigenvalue weighted by Crippen LogP contribution is -2.51. The maximum atomic E-state index is 13.9. The van der Waals surface area contributed by atoms with Crippen LogP contribution in [0.25, 0.3) is 0 Å². The number of halogens is 1. The summed E-state index contributed by atoms with van der Waals surface area (Å²) < 4.78 is 27.2. The van der Waals surface area contributed by atoms with Crippen molar-refractivity contribution in [1.29, 1.82) is 0 Å². The lowest BCUT2D eigenvalue weighted by molar-refractivity contribution is -0.139. The monoisotopic (exact) mass is 613 g/mol. The molecule has 0 unspecified atom stereocenters. The van der Waals surface area contributed by atoms with Crippen molar-refractivity contribution in [3.63, 3.8) is 0 Å². The highest BCUT2D eigenvalue weighted by Gasteiger charge is 2.51. The van der Waals surface area contributed by atoms with Gasteiger partial charge in [0, 0.05) is 18.1 Å². The molecule has 2 aromatic carbocycles. The van der Waals surface area contributed by atoms with Gasteiger partial charge in [0.05, 0.1) is 11.9 Å². The van der Waals surface area contributed by atoms with Crippen LogP contribution in [0.4, 0.5) is 5.69 Å². The van der Waals surface area contributed by atoms with Crippen LogP contribution in [0, 0.1) is 23.7 Å². The maximum absolute atomic E-state index is 13.9. The number of nitrogens with zero attached hydrogens (tertiary/aromatic N) is 2. The second-order valence-corrected chi connectivity index (χ2v) is 15.8. The summed E-state index contributed by atoms with van der Waals surface area (Å²) >= 11 is 6.20. The summed E-state index contributed by atoms with van der Waals surface area (Å²) in [7, 11) is -3.79. The molecule has 6 rings (SSSR count). The molecule has 4 aliphatic carbocycles. The molecule has 4 aliphatic rings. The normalized spacial score (nSPS) is 25.3. The van der Waals surface area contributed by atoms with E-state index in [4.69, 9.17) is 11.6 Å². The molecular weight excluding hydrogens is 570 g/mol. The van der Waals surface area contributed by atoms with Crippen LogP contribution in [0.2, 0.25) is 5.02 Å². The average molecular weight is 614 g/mol. The van der Waals surface area contributed by atoms with Crippen LogP contribution in [0.3, 0.4) is 0 Å². The lowest BCUT2D eigenvalue weighted by Gasteiger charge is -2.57. The average Bonchev–Trinajstić information content (AvgIpc) is 2.91. The number of carbonyl (C=O) groups excluding carboxylic acids is 2. The van der Waals surface area contributed by atoms with Crippen LogP contribution in [-0.2, 0) is 31.6 Å². The Morgan fingerprint density at radius 3 is 2.10 bits per heavy atom. The van der Waals surface area contributed by atoms with E-state index >= 15 is 0 Å². The van der Waals surface area contributed by atoms with E-state index in [1.54, 1.807) is 25.1 Å². The fourth-order valence-electron chi connectivity index (χ4n) is 7.93. The van der Waals surface area contributed by atoms with Crippen LogP contribution in [-0.4, -0.2) is 50.5 Å². The van der Waals surface area contributed by atoms with Gasteiger partial charge in [0.2, 0.25) is 21.8 Å². The fraction of sp³-hybridized carbons (Fsp3) is 0.576. The molecule has 0 spiro atoms. The van der Waals surface area contributed by atoms with Crippen molar-refractivity contribution < 1.29 is 18.0 Å². The van der Waals surface area contributed by atoms with Crippen molar-refractivity contribution >= 4 is 39.1 Å². The molecule has 0 aliphatic heterocycles. The lowest BCUT2D eigenvalue weighted by atomic mass is 9.48. The van der Waals surface area contributed by atoms with Crippen molar-refractivity contribution in [1.82, 2.24) is 10.2 Å². The molecule has 0 aromatic heterocycles. The molecule has 4 fully saturated rings. The molecule has 9 heteroatoms. The van der Waals surface area contributed by atoms with Crippen LogP contribution in [0.5, 0.6) is 0 Å². The zero-order valence-corrected chi connectivity index (χ0v) is 26.8. The molecule has 1 atom stereocenters. The number of carbonyl (C=O) groups is 2. The predicted molar refractivity (Wildman–Crippen MR) is 168 cm³/mol. The van der Waals surface area contributed by atoms with Crippen LogP contribution < -0.4 is 9.62 Å². The van der Waals surface area contributed by atoms with E-state index in [2.05, 4.69) is 17.4 Å². The zero-order chi connectivity index (χ0) is 30.2. The highest BCUT2D eigenvalue weighted by atomic mass is 35.5. The summed E-state index contributed by atoms with van der Waals surface area (Å²) in [6.45, 7) is 5.86. The number of hydrogen-bond acceptors (Lipinski definition) is 4. The van der Waals surface area contributed by atoms with E-state index in [1.807, 2.05) is 32.0 Å². The van der Waals surface area contributed by atoms with E-state index in [0.29, 0.717) is 17.3 Å². The Hall–Kier alpha value is -2.58. The Morgan fingerprint density at radius 1 is 0.976 bits per heavy atom. The highest BCUT2D eigenvalue weighted by molar-refractivity contribution is 7.92. The third kappa shape index (κ3) is 6.80. The van der Waals surface area contributed by atoms with Crippen LogP contribution in [0.15, 0.2) is 48.5 Å². The second-order valence-electron chi connectivity index (χ2n) is 13.5. The Balaban J connectivity index is 1.38. The predicted octanol–water partition coefficient (Wildman–Crippen LogP) is 5.76. The van der Waals surface area contributed by atoms with Gasteiger partial charge in [0.1, 0.15) is 12.6 Å². The number of hydrogen-bond donors (Lipinski definition) is 1. The first-order valence-electron chi connectivity index (χ1n) is 15.2. The van der Waals surface area contributed by atoms with E-state index in [0.717, 1.165) is 33.9 Å². The van der Waals surface area contributed by atoms with Gasteiger partial charge in [0.25, 0.3) is 0 Å². The summed E-state index contributed by atoms with van der Waals surface area (Å²) in [6.07, 6.45) is 8.88. The Labute approximate surface area is 256 Å². The number of benzene rings is 2. The van der Waals surface area contributed by atoms with Crippen LogP contribution in [0.1, 0.15) is 70.4 Å². The molecule has 0 heterocycles. The molecule has 4 bridgehead atoms. The van der Waals surface area contributed by atoms with Gasteiger partial charge in [-0.05, 0) is 110 Å². The summed E-state index contributed by atoms with van der Waals surface area (Å²) in [6, 6.07) is 14.2. The Bertz CT molecular complexity index is 1370. The minimum absolute atomic E-state index is 0.123. The maximum Gasteiger partial charge on any atom is 0.244 e. The number of anilines is 1. The quantitative estimate of drug-likeness (QED) is 0.349. The molecule has 0 radical (unpaired) electrons. The first kappa shape index (κ1) is 30.9. The van der Waals surface area contributed by atoms with Crippen LogP contribution >= 0.6 is 11.6 Å². The van der Waals surface area contributed by atoms with Crippen molar-refractivity contribution in [3.05, 3.63) is 64.7 Å². The first-order valence-corrected chi connectivity index (χ1v) is 17.5. The molecular formula is C33H44ClN3O4S. The molecule has 2 amide bonds. The zero-order valence-electron chi connectivity index (χ0n) is 25.2. The first-order chi connectivity index (χ1) is 19.8. The van der Waals surface area contributed by atoms with Crippen molar-refractivity contribution in [2.45, 2.75) is 77.3 Å². The number of rotatable bonds is 11. The number of sulfonamides is 1. The van der Waals surface area contributed by atoms with Gasteiger partial charge >= 0.3 is 0 Å². The topological polar surface area (TPSA) is 86.8 Å². The molecule has 7 nitrogen and oxygen atoms in total. The molecule has 1 N–H and O–H groups in total. The van der Waals surface area contributed by atoms with Crippen molar-refractivity contribution in [2.75, 3.05) is 23.7 Å². The van der Waals surface area contributed by atoms with Gasteiger partial charge in [0.15, 0.2) is 0 Å². The number of nitrogens with one attached hydrogen (secondary N) is 1. The van der Waals surface area contributed by atoms with E-state index in [9.17, 15) is 18.0 Å². The largest absolute Gasteiger partial charge is 0.354 e. The summed E-state index contributed by atoms with van der Waals surface area (Å²) in [5.41, 5.74) is 2.71. The van der Waals surface area contributed by atoms with Gasteiger partial charge < -0.3 is 10.2 Å². The van der Waals surface area contributed by atoms with E-state index < -0.39 is 28.5 Å². The van der Waals surface area contributed by atoms with Gasteiger partial charge in [-0.3, -0.25) is 13.9 Å². The Kier molecular flexibility index (Phi) is 8.96. The van der Waals surface area contributed by atoms with Gasteiger partial charge in [-0.25, -0.2) is 8.42 Å². The van der Waals surface area contributed by atoms with Gasteiger partial charge in [-0.1, -0.05) is 49.7 Å². The van der Waals surface area contributed by atoms with Crippen molar-refractivity contribution in [2.24, 2.45) is 23.7 Å². The third-order valence-corrected chi connectivity index (χ3v) is 11.0. The smallest absolute Gasteiger partial charge is 0.244 e. The standard InChI is InChI=1S/C33H44ClN3O4S/c1-22(2)19-35-32(39)23(3)36(20-24-6-5-7-29(34)15-24)31(38)21-37(42(4,40)41)30-10-8-28(9-11-30)33-16-25-12-26(17-33)14-27(13-25)18-33/h5-11,15,22-23,25-27H,12-14,16-21H2,1-4H3,(H,35,39)/t23-,25?,26?,27?,33?/m1/s1. The second kappa shape index (κ2) is 12.2. The molecule has 228 valence electrons. The van der Waals surface area contributed by atoms with E-state index in [1.165, 1.54) is 49.0 Å². The molecule has 42 heavy (non-hydrogen) atoms. The SMILES string of the molecule is CC(C)CNC(=O)[C@@H](C)N(Cc1cccc(Cl)c1)C(=O)CN(c1ccc(C23CC4CC(CC(C4)C2)C3)cc1)S(C)(=O)=O. The Morgan fingerprint density at radius 2 is 1.57 bits per heavy atom. The van der Waals surface area contributed by atoms with Gasteiger partial charge in [-0.15, -0.1) is 0 Å². The molecule has 0 saturated heterocycles.